The van der Waals surface area contributed by atoms with Crippen LogP contribution in [0.15, 0.2) is 48.5 Å². The monoisotopic (exact) mass is 270 g/mol. The van der Waals surface area contributed by atoms with E-state index in [-0.39, 0.29) is 5.56 Å². The van der Waals surface area contributed by atoms with Gasteiger partial charge in [0.15, 0.2) is 0 Å². The van der Waals surface area contributed by atoms with Gasteiger partial charge < -0.3 is 5.11 Å². The second-order valence-corrected chi connectivity index (χ2v) is 4.02. The van der Waals surface area contributed by atoms with Gasteiger partial charge in [-0.05, 0) is 11.6 Å². The topological polar surface area (TPSA) is 20.2 Å². The lowest BCUT2D eigenvalue weighted by molar-refractivity contribution is -0.141. The number of alkyl halides is 3. The predicted molar refractivity (Wildman–Crippen MR) is 61.9 cm³/mol. The molecule has 2 aromatic rings. The molecular formula is C14H10F4O. The van der Waals surface area contributed by atoms with Crippen molar-refractivity contribution in [3.05, 3.63) is 71.0 Å². The molecule has 5 heteroatoms. The summed E-state index contributed by atoms with van der Waals surface area (Å²) in [5, 5.41) is 9.99. The first-order chi connectivity index (χ1) is 8.91. The van der Waals surface area contributed by atoms with E-state index in [0.29, 0.717) is 0 Å². The molecule has 0 amide bonds. The van der Waals surface area contributed by atoms with Gasteiger partial charge in [0, 0.05) is 5.56 Å². The van der Waals surface area contributed by atoms with Crippen molar-refractivity contribution in [2.45, 2.75) is 12.3 Å². The van der Waals surface area contributed by atoms with Crippen LogP contribution in [0.5, 0.6) is 0 Å². The van der Waals surface area contributed by atoms with Gasteiger partial charge in [-0.3, -0.25) is 0 Å². The van der Waals surface area contributed by atoms with E-state index >= 15 is 0 Å². The number of benzene rings is 2. The van der Waals surface area contributed by atoms with Crippen molar-refractivity contribution in [1.82, 2.24) is 0 Å². The van der Waals surface area contributed by atoms with Crippen LogP contribution in [0.25, 0.3) is 0 Å². The van der Waals surface area contributed by atoms with Crippen molar-refractivity contribution in [3.63, 3.8) is 0 Å². The van der Waals surface area contributed by atoms with Gasteiger partial charge in [-0.15, -0.1) is 0 Å². The fourth-order valence-electron chi connectivity index (χ4n) is 1.88. The Labute approximate surface area is 107 Å². The molecule has 2 aromatic carbocycles. The number of rotatable bonds is 2. The number of hydrogen-bond donors (Lipinski definition) is 1. The molecule has 1 atom stereocenters. The lowest BCUT2D eigenvalue weighted by Crippen LogP contribution is -2.15. The molecule has 2 rings (SSSR count). The van der Waals surface area contributed by atoms with Crippen molar-refractivity contribution in [1.29, 1.82) is 0 Å². The highest BCUT2D eigenvalue weighted by Gasteiger charge is 2.38. The average molecular weight is 270 g/mol. The van der Waals surface area contributed by atoms with Crippen LogP contribution in [0.4, 0.5) is 17.6 Å². The molecule has 0 aliphatic carbocycles. The Kier molecular flexibility index (Phi) is 3.57. The van der Waals surface area contributed by atoms with Gasteiger partial charge >= 0.3 is 6.18 Å². The van der Waals surface area contributed by atoms with Gasteiger partial charge in [-0.2, -0.15) is 13.2 Å². The largest absolute Gasteiger partial charge is 0.419 e. The summed E-state index contributed by atoms with van der Waals surface area (Å²) in [5.74, 6) is -1.39. The Morgan fingerprint density at radius 3 is 2.11 bits per heavy atom. The number of aliphatic hydroxyl groups excluding tert-OH is 1. The standard InChI is InChI=1S/C14H10F4O/c15-11-8-4-7-10(12(11)14(16,17)18)13(19)9-5-2-1-3-6-9/h1-8,13,19H. The van der Waals surface area contributed by atoms with Crippen LogP contribution in [0.2, 0.25) is 0 Å². The van der Waals surface area contributed by atoms with Crippen LogP contribution in [0.3, 0.4) is 0 Å². The van der Waals surface area contributed by atoms with Gasteiger partial charge in [-0.25, -0.2) is 4.39 Å². The SMILES string of the molecule is OC(c1ccccc1)c1cccc(F)c1C(F)(F)F. The molecule has 0 saturated heterocycles. The van der Waals surface area contributed by atoms with E-state index < -0.39 is 29.2 Å². The van der Waals surface area contributed by atoms with Crippen LogP contribution >= 0.6 is 0 Å². The van der Waals surface area contributed by atoms with Crippen LogP contribution in [-0.4, -0.2) is 5.11 Å². The highest BCUT2D eigenvalue weighted by atomic mass is 19.4. The normalized spacial score (nSPS) is 13.3. The summed E-state index contributed by atoms with van der Waals surface area (Å²) in [5.41, 5.74) is -1.64. The Morgan fingerprint density at radius 2 is 1.53 bits per heavy atom. The van der Waals surface area contributed by atoms with E-state index in [4.69, 9.17) is 0 Å². The van der Waals surface area contributed by atoms with Crippen molar-refractivity contribution >= 4 is 0 Å². The van der Waals surface area contributed by atoms with Crippen LogP contribution in [0.1, 0.15) is 22.8 Å². The summed E-state index contributed by atoms with van der Waals surface area (Å²) >= 11 is 0. The summed E-state index contributed by atoms with van der Waals surface area (Å²) in [7, 11) is 0. The maximum Gasteiger partial charge on any atom is 0.419 e. The van der Waals surface area contributed by atoms with E-state index in [1.165, 1.54) is 12.1 Å². The highest BCUT2D eigenvalue weighted by molar-refractivity contribution is 5.38. The third-order valence-electron chi connectivity index (χ3n) is 2.74. The number of halogens is 4. The molecule has 1 N–H and O–H groups in total. The van der Waals surface area contributed by atoms with Gasteiger partial charge in [0.2, 0.25) is 0 Å². The first-order valence-electron chi connectivity index (χ1n) is 5.50. The minimum atomic E-state index is -4.85. The van der Waals surface area contributed by atoms with Crippen molar-refractivity contribution in [2.75, 3.05) is 0 Å². The van der Waals surface area contributed by atoms with E-state index in [0.717, 1.165) is 18.2 Å². The Balaban J connectivity index is 2.55. The molecule has 0 bridgehead atoms. The quantitative estimate of drug-likeness (QED) is 0.820. The molecule has 0 spiro atoms. The second kappa shape index (κ2) is 5.01. The maximum absolute atomic E-state index is 13.4. The molecular weight excluding hydrogens is 260 g/mol. The van der Waals surface area contributed by atoms with Gasteiger partial charge in [-0.1, -0.05) is 42.5 Å². The molecule has 0 aliphatic rings. The van der Waals surface area contributed by atoms with Crippen molar-refractivity contribution < 1.29 is 22.7 Å². The number of aliphatic hydroxyl groups is 1. The lowest BCUT2D eigenvalue weighted by atomic mass is 9.96. The summed E-state index contributed by atoms with van der Waals surface area (Å²) in [4.78, 5) is 0. The zero-order valence-corrected chi connectivity index (χ0v) is 9.66. The smallest absolute Gasteiger partial charge is 0.384 e. The van der Waals surface area contributed by atoms with Crippen molar-refractivity contribution in [2.24, 2.45) is 0 Å². The van der Waals surface area contributed by atoms with Crippen LogP contribution in [0, 0.1) is 5.82 Å². The van der Waals surface area contributed by atoms with Crippen molar-refractivity contribution in [3.8, 4) is 0 Å². The Hall–Kier alpha value is -1.88. The lowest BCUT2D eigenvalue weighted by Gasteiger charge is -2.18. The first-order valence-corrected chi connectivity index (χ1v) is 5.50. The molecule has 0 fully saturated rings. The molecule has 0 aromatic heterocycles. The Morgan fingerprint density at radius 1 is 0.895 bits per heavy atom. The molecule has 100 valence electrons. The summed E-state index contributed by atoms with van der Waals surface area (Å²) in [6.07, 6.45) is -6.37. The predicted octanol–water partition coefficient (Wildman–Crippen LogP) is 3.93. The van der Waals surface area contributed by atoms with E-state index in [9.17, 15) is 22.7 Å². The first kappa shape index (κ1) is 13.5. The minimum absolute atomic E-state index is 0.276. The van der Waals surface area contributed by atoms with Crippen LogP contribution in [-0.2, 0) is 6.18 Å². The molecule has 1 nitrogen and oxygen atoms in total. The van der Waals surface area contributed by atoms with E-state index in [1.807, 2.05) is 0 Å². The molecule has 19 heavy (non-hydrogen) atoms. The highest BCUT2D eigenvalue weighted by Crippen LogP contribution is 2.38. The van der Waals surface area contributed by atoms with Gasteiger partial charge in [0.05, 0.1) is 5.56 Å². The molecule has 0 aliphatic heterocycles. The zero-order valence-electron chi connectivity index (χ0n) is 9.66. The average Bonchev–Trinajstić information content (AvgIpc) is 2.37. The molecule has 0 radical (unpaired) electrons. The van der Waals surface area contributed by atoms with Gasteiger partial charge in [0.25, 0.3) is 0 Å². The summed E-state index contributed by atoms with van der Waals surface area (Å²) < 4.78 is 51.9. The second-order valence-electron chi connectivity index (χ2n) is 4.02. The van der Waals surface area contributed by atoms with E-state index in [1.54, 1.807) is 18.2 Å². The third-order valence-corrected chi connectivity index (χ3v) is 2.74. The molecule has 0 heterocycles. The minimum Gasteiger partial charge on any atom is -0.384 e. The van der Waals surface area contributed by atoms with E-state index in [2.05, 4.69) is 0 Å². The third kappa shape index (κ3) is 2.76. The van der Waals surface area contributed by atoms with Gasteiger partial charge in [0.1, 0.15) is 11.9 Å². The Bertz CT molecular complexity index is 563. The van der Waals surface area contributed by atoms with Crippen LogP contribution < -0.4 is 0 Å². The fourth-order valence-corrected chi connectivity index (χ4v) is 1.88. The molecule has 0 saturated carbocycles. The maximum atomic E-state index is 13.4. The number of hydrogen-bond acceptors (Lipinski definition) is 1. The zero-order chi connectivity index (χ0) is 14.0. The fraction of sp³-hybridized carbons (Fsp3) is 0.143. The molecule has 1 unspecified atom stereocenters. The summed E-state index contributed by atoms with van der Waals surface area (Å²) in [6, 6.07) is 10.8. The summed E-state index contributed by atoms with van der Waals surface area (Å²) in [6.45, 7) is 0.